The van der Waals surface area contributed by atoms with E-state index in [4.69, 9.17) is 0 Å². The Hall–Kier alpha value is -1.08. The van der Waals surface area contributed by atoms with Gasteiger partial charge in [-0.15, -0.1) is 6.58 Å². The van der Waals surface area contributed by atoms with E-state index < -0.39 is 0 Å². The molecule has 0 fully saturated rings. The molecule has 0 saturated heterocycles. The first kappa shape index (κ1) is 15.0. The third-order valence-corrected chi connectivity index (χ3v) is 3.31. The molecule has 1 nitrogen and oxygen atoms in total. The molecule has 0 spiro atoms. The van der Waals surface area contributed by atoms with Crippen molar-refractivity contribution >= 4 is 0 Å². The lowest BCUT2D eigenvalue weighted by atomic mass is 9.99. The number of allylic oxidation sites excluding steroid dienone is 1. The van der Waals surface area contributed by atoms with Gasteiger partial charge >= 0.3 is 0 Å². The van der Waals surface area contributed by atoms with Crippen LogP contribution in [0.2, 0.25) is 0 Å². The molecule has 1 atom stereocenters. The molecule has 0 aromatic heterocycles. The highest BCUT2D eigenvalue weighted by atomic mass is 14.9. The maximum absolute atomic E-state index is 3.99. The van der Waals surface area contributed by atoms with Crippen molar-refractivity contribution in [2.24, 2.45) is 0 Å². The van der Waals surface area contributed by atoms with Gasteiger partial charge in [0.1, 0.15) is 0 Å². The molecule has 0 amide bonds. The predicted octanol–water partition coefficient (Wildman–Crippen LogP) is 4.26. The SMILES string of the molecule is C=C(C)CCC(CCc1ccc(C)cc1)NCC. The predicted molar refractivity (Wildman–Crippen MR) is 81.0 cm³/mol. The van der Waals surface area contributed by atoms with E-state index >= 15 is 0 Å². The Morgan fingerprint density at radius 2 is 1.89 bits per heavy atom. The average molecular weight is 245 g/mol. The number of aryl methyl sites for hydroxylation is 2. The maximum Gasteiger partial charge on any atom is 0.00731 e. The molecular weight excluding hydrogens is 218 g/mol. The molecule has 1 heteroatoms. The van der Waals surface area contributed by atoms with Crippen LogP contribution in [0.1, 0.15) is 44.2 Å². The summed E-state index contributed by atoms with van der Waals surface area (Å²) < 4.78 is 0. The van der Waals surface area contributed by atoms with Crippen LogP contribution in [-0.2, 0) is 6.42 Å². The molecule has 1 N–H and O–H groups in total. The van der Waals surface area contributed by atoms with Crippen molar-refractivity contribution in [2.75, 3.05) is 6.54 Å². The van der Waals surface area contributed by atoms with Crippen molar-refractivity contribution in [1.82, 2.24) is 5.32 Å². The minimum atomic E-state index is 0.619. The zero-order chi connectivity index (χ0) is 13.4. The van der Waals surface area contributed by atoms with Gasteiger partial charge in [0.2, 0.25) is 0 Å². The Morgan fingerprint density at radius 3 is 2.44 bits per heavy atom. The molecule has 0 aliphatic rings. The summed E-state index contributed by atoms with van der Waals surface area (Å²) in [6.07, 6.45) is 4.71. The average Bonchev–Trinajstić information content (AvgIpc) is 2.34. The minimum absolute atomic E-state index is 0.619. The molecule has 0 radical (unpaired) electrons. The van der Waals surface area contributed by atoms with Crippen molar-refractivity contribution in [3.8, 4) is 0 Å². The largest absolute Gasteiger partial charge is 0.314 e. The lowest BCUT2D eigenvalue weighted by Crippen LogP contribution is -2.29. The van der Waals surface area contributed by atoms with E-state index in [1.807, 2.05) is 0 Å². The van der Waals surface area contributed by atoms with Crippen molar-refractivity contribution in [3.63, 3.8) is 0 Å². The highest BCUT2D eigenvalue weighted by molar-refractivity contribution is 5.21. The van der Waals surface area contributed by atoms with Gasteiger partial charge in [0.25, 0.3) is 0 Å². The lowest BCUT2D eigenvalue weighted by Gasteiger charge is -2.18. The summed E-state index contributed by atoms with van der Waals surface area (Å²) in [6.45, 7) is 11.5. The Morgan fingerprint density at radius 1 is 1.22 bits per heavy atom. The van der Waals surface area contributed by atoms with Gasteiger partial charge in [-0.3, -0.25) is 0 Å². The van der Waals surface area contributed by atoms with E-state index in [1.54, 1.807) is 0 Å². The number of hydrogen-bond acceptors (Lipinski definition) is 1. The Balaban J connectivity index is 2.40. The zero-order valence-corrected chi connectivity index (χ0v) is 12.1. The van der Waals surface area contributed by atoms with Gasteiger partial charge in [-0.1, -0.05) is 42.3 Å². The Labute approximate surface area is 112 Å². The molecule has 0 aliphatic heterocycles. The summed E-state index contributed by atoms with van der Waals surface area (Å²) in [5.74, 6) is 0. The van der Waals surface area contributed by atoms with Crippen molar-refractivity contribution in [3.05, 3.63) is 47.5 Å². The first-order chi connectivity index (χ1) is 8.61. The van der Waals surface area contributed by atoms with E-state index in [9.17, 15) is 0 Å². The number of rotatable bonds is 8. The molecule has 0 bridgehead atoms. The van der Waals surface area contributed by atoms with Crippen LogP contribution < -0.4 is 5.32 Å². The monoisotopic (exact) mass is 245 g/mol. The molecule has 1 aromatic carbocycles. The van der Waals surface area contributed by atoms with Gasteiger partial charge in [-0.25, -0.2) is 0 Å². The lowest BCUT2D eigenvalue weighted by molar-refractivity contribution is 0.464. The third-order valence-electron chi connectivity index (χ3n) is 3.31. The van der Waals surface area contributed by atoms with Gasteiger partial charge in [-0.2, -0.15) is 0 Å². The highest BCUT2D eigenvalue weighted by Gasteiger charge is 2.07. The summed E-state index contributed by atoms with van der Waals surface area (Å²) in [7, 11) is 0. The van der Waals surface area contributed by atoms with Gasteiger partial charge in [0, 0.05) is 6.04 Å². The van der Waals surface area contributed by atoms with Crippen molar-refractivity contribution in [1.29, 1.82) is 0 Å². The van der Waals surface area contributed by atoms with Crippen LogP contribution >= 0.6 is 0 Å². The Kier molecular flexibility index (Phi) is 6.74. The molecule has 1 unspecified atom stereocenters. The van der Waals surface area contributed by atoms with E-state index in [-0.39, 0.29) is 0 Å². The molecule has 0 aliphatic carbocycles. The third kappa shape index (κ3) is 6.02. The van der Waals surface area contributed by atoms with Crippen LogP contribution in [0.15, 0.2) is 36.4 Å². The van der Waals surface area contributed by atoms with Crippen molar-refractivity contribution in [2.45, 2.75) is 52.5 Å². The standard InChI is InChI=1S/C17H27N/c1-5-18-17(12-6-14(2)3)13-11-16-9-7-15(4)8-10-16/h7-10,17-18H,2,5-6,11-13H2,1,3-4H3. The first-order valence-electron chi connectivity index (χ1n) is 7.05. The van der Waals surface area contributed by atoms with Crippen LogP contribution in [0.25, 0.3) is 0 Å². The van der Waals surface area contributed by atoms with E-state index in [1.165, 1.54) is 29.5 Å². The summed E-state index contributed by atoms with van der Waals surface area (Å²) in [4.78, 5) is 0. The number of nitrogens with one attached hydrogen (secondary N) is 1. The highest BCUT2D eigenvalue weighted by Crippen LogP contribution is 2.12. The van der Waals surface area contributed by atoms with Crippen LogP contribution in [0.3, 0.4) is 0 Å². The van der Waals surface area contributed by atoms with Crippen LogP contribution in [0.5, 0.6) is 0 Å². The van der Waals surface area contributed by atoms with Crippen LogP contribution in [-0.4, -0.2) is 12.6 Å². The first-order valence-corrected chi connectivity index (χ1v) is 7.05. The van der Waals surface area contributed by atoms with E-state index in [2.05, 4.69) is 56.9 Å². The van der Waals surface area contributed by atoms with E-state index in [0.29, 0.717) is 6.04 Å². The summed E-state index contributed by atoms with van der Waals surface area (Å²) in [5, 5.41) is 3.58. The second-order valence-electron chi connectivity index (χ2n) is 5.27. The quantitative estimate of drug-likeness (QED) is 0.675. The second-order valence-corrected chi connectivity index (χ2v) is 5.27. The Bertz CT molecular complexity index is 350. The van der Waals surface area contributed by atoms with Gasteiger partial charge in [0.15, 0.2) is 0 Å². The molecule has 100 valence electrons. The minimum Gasteiger partial charge on any atom is -0.314 e. The zero-order valence-electron chi connectivity index (χ0n) is 12.1. The van der Waals surface area contributed by atoms with Crippen LogP contribution in [0, 0.1) is 6.92 Å². The molecule has 0 heterocycles. The smallest absolute Gasteiger partial charge is 0.00731 e. The summed E-state index contributed by atoms with van der Waals surface area (Å²) in [5.41, 5.74) is 4.07. The van der Waals surface area contributed by atoms with Gasteiger partial charge in [0.05, 0.1) is 0 Å². The maximum atomic E-state index is 3.99. The normalized spacial score (nSPS) is 12.4. The molecular formula is C17H27N. The van der Waals surface area contributed by atoms with E-state index in [0.717, 1.165) is 19.4 Å². The van der Waals surface area contributed by atoms with Gasteiger partial charge in [-0.05, 0) is 51.6 Å². The second kappa shape index (κ2) is 8.10. The molecule has 18 heavy (non-hydrogen) atoms. The van der Waals surface area contributed by atoms with Crippen molar-refractivity contribution < 1.29 is 0 Å². The molecule has 0 saturated carbocycles. The summed E-state index contributed by atoms with van der Waals surface area (Å²) >= 11 is 0. The fourth-order valence-electron chi connectivity index (χ4n) is 2.15. The summed E-state index contributed by atoms with van der Waals surface area (Å²) in [6, 6.07) is 9.51. The fourth-order valence-corrected chi connectivity index (χ4v) is 2.15. The van der Waals surface area contributed by atoms with Gasteiger partial charge < -0.3 is 5.32 Å². The van der Waals surface area contributed by atoms with Crippen LogP contribution in [0.4, 0.5) is 0 Å². The number of benzene rings is 1. The molecule has 1 aromatic rings. The molecule has 1 rings (SSSR count). The fraction of sp³-hybridized carbons (Fsp3) is 0.529. The topological polar surface area (TPSA) is 12.0 Å². The number of hydrogen-bond donors (Lipinski definition) is 1.